The van der Waals surface area contributed by atoms with Crippen molar-refractivity contribution in [3.05, 3.63) is 35.9 Å². The lowest BCUT2D eigenvalue weighted by atomic mass is 9.92. The molecule has 0 amide bonds. The lowest BCUT2D eigenvalue weighted by Crippen LogP contribution is -2.26. The third-order valence-electron chi connectivity index (χ3n) is 4.51. The van der Waals surface area contributed by atoms with Gasteiger partial charge in [0, 0.05) is 19.6 Å². The van der Waals surface area contributed by atoms with Gasteiger partial charge in [-0.2, -0.15) is 0 Å². The van der Waals surface area contributed by atoms with Gasteiger partial charge in [0.25, 0.3) is 0 Å². The number of carbonyl (C=O) groups is 1. The van der Waals surface area contributed by atoms with Crippen molar-refractivity contribution in [2.75, 3.05) is 19.7 Å². The van der Waals surface area contributed by atoms with Crippen LogP contribution in [0.2, 0.25) is 0 Å². The maximum absolute atomic E-state index is 12.1. The number of carbonyl (C=O) groups excluding carboxylic acids is 1. The minimum atomic E-state index is 0.0139. The summed E-state index contributed by atoms with van der Waals surface area (Å²) in [5.41, 5.74) is 1.33. The van der Waals surface area contributed by atoms with Crippen LogP contribution in [0.5, 0.6) is 0 Å². The van der Waals surface area contributed by atoms with Gasteiger partial charge in [-0.15, -0.1) is 0 Å². The number of ether oxygens (including phenoxy) is 1. The fourth-order valence-electron chi connectivity index (χ4n) is 3.38. The first-order valence-electron chi connectivity index (χ1n) is 7.71. The highest BCUT2D eigenvalue weighted by atomic mass is 16.5. The van der Waals surface area contributed by atoms with Crippen LogP contribution in [0.15, 0.2) is 30.3 Å². The van der Waals surface area contributed by atoms with Crippen molar-refractivity contribution < 1.29 is 9.53 Å². The molecule has 2 aliphatic rings. The summed E-state index contributed by atoms with van der Waals surface area (Å²) in [6, 6.07) is 10.5. The zero-order chi connectivity index (χ0) is 13.9. The van der Waals surface area contributed by atoms with E-state index in [-0.39, 0.29) is 11.9 Å². The fourth-order valence-corrected chi connectivity index (χ4v) is 3.38. The van der Waals surface area contributed by atoms with Crippen LogP contribution >= 0.6 is 0 Å². The minimum absolute atomic E-state index is 0.0139. The Labute approximate surface area is 120 Å². The van der Waals surface area contributed by atoms with Gasteiger partial charge in [0.05, 0.1) is 12.5 Å². The lowest BCUT2D eigenvalue weighted by molar-refractivity contribution is -0.149. The molecule has 3 nitrogen and oxygen atoms in total. The zero-order valence-corrected chi connectivity index (χ0v) is 12.1. The quantitative estimate of drug-likeness (QED) is 0.773. The van der Waals surface area contributed by atoms with Crippen LogP contribution in [0.3, 0.4) is 0 Å². The van der Waals surface area contributed by atoms with E-state index in [1.807, 2.05) is 13.0 Å². The molecule has 1 aromatic carbocycles. The molecule has 2 unspecified atom stereocenters. The molecule has 0 radical (unpaired) electrons. The molecule has 0 N–H and O–H groups in total. The van der Waals surface area contributed by atoms with Crippen LogP contribution in [0.25, 0.3) is 0 Å². The molecular formula is C17H23NO2. The summed E-state index contributed by atoms with van der Waals surface area (Å²) in [6.45, 7) is 5.23. The fraction of sp³-hybridized carbons (Fsp3) is 0.588. The molecule has 0 aromatic heterocycles. The summed E-state index contributed by atoms with van der Waals surface area (Å²) >= 11 is 0. The Kier molecular flexibility index (Phi) is 4.06. The van der Waals surface area contributed by atoms with Gasteiger partial charge in [0.1, 0.15) is 0 Å². The molecule has 0 spiro atoms. The zero-order valence-electron chi connectivity index (χ0n) is 12.1. The first-order chi connectivity index (χ1) is 9.78. The van der Waals surface area contributed by atoms with Crippen molar-refractivity contribution in [2.24, 2.45) is 17.8 Å². The van der Waals surface area contributed by atoms with E-state index in [0.717, 1.165) is 25.6 Å². The van der Waals surface area contributed by atoms with E-state index in [9.17, 15) is 4.79 Å². The van der Waals surface area contributed by atoms with E-state index in [2.05, 4.69) is 29.2 Å². The maximum atomic E-state index is 12.1. The van der Waals surface area contributed by atoms with Gasteiger partial charge in [-0.1, -0.05) is 30.3 Å². The summed E-state index contributed by atoms with van der Waals surface area (Å²) in [6.07, 6.45) is 2.58. The number of likely N-dealkylation sites (tertiary alicyclic amines) is 1. The summed E-state index contributed by atoms with van der Waals surface area (Å²) in [4.78, 5) is 14.6. The first-order valence-corrected chi connectivity index (χ1v) is 7.71. The Bertz CT molecular complexity index is 455. The molecule has 1 heterocycles. The molecule has 1 aliphatic heterocycles. The molecular weight excluding hydrogens is 250 g/mol. The molecule has 2 fully saturated rings. The van der Waals surface area contributed by atoms with Gasteiger partial charge in [-0.3, -0.25) is 9.69 Å². The van der Waals surface area contributed by atoms with Crippen molar-refractivity contribution in [1.29, 1.82) is 0 Å². The van der Waals surface area contributed by atoms with E-state index in [1.165, 1.54) is 18.4 Å². The average molecular weight is 273 g/mol. The first kappa shape index (κ1) is 13.6. The molecule has 1 saturated heterocycles. The second-order valence-corrected chi connectivity index (χ2v) is 6.04. The van der Waals surface area contributed by atoms with Gasteiger partial charge < -0.3 is 4.74 Å². The highest BCUT2D eigenvalue weighted by molar-refractivity contribution is 5.73. The molecule has 108 valence electrons. The molecule has 0 bridgehead atoms. The number of rotatable bonds is 5. The Hall–Kier alpha value is -1.35. The van der Waals surface area contributed by atoms with E-state index in [4.69, 9.17) is 4.74 Å². The second-order valence-electron chi connectivity index (χ2n) is 6.04. The maximum Gasteiger partial charge on any atom is 0.310 e. The predicted octanol–water partition coefficient (Wildman–Crippen LogP) is 2.71. The average Bonchev–Trinajstić information content (AvgIpc) is 3.22. The van der Waals surface area contributed by atoms with Crippen molar-refractivity contribution >= 4 is 5.97 Å². The molecule has 1 aromatic rings. The topological polar surface area (TPSA) is 29.5 Å². The monoisotopic (exact) mass is 273 g/mol. The van der Waals surface area contributed by atoms with E-state index < -0.39 is 0 Å². The highest BCUT2D eigenvalue weighted by Crippen LogP contribution is 2.44. The van der Waals surface area contributed by atoms with Gasteiger partial charge in [0.2, 0.25) is 0 Å². The Morgan fingerprint density at radius 1 is 1.25 bits per heavy atom. The van der Waals surface area contributed by atoms with Crippen molar-refractivity contribution in [2.45, 2.75) is 26.3 Å². The van der Waals surface area contributed by atoms with Crippen molar-refractivity contribution in [3.63, 3.8) is 0 Å². The summed E-state index contributed by atoms with van der Waals surface area (Å²) in [7, 11) is 0. The summed E-state index contributed by atoms with van der Waals surface area (Å²) in [5, 5.41) is 0. The standard InChI is InChI=1S/C17H23NO2/c1-2-20-17(19)16-12-18(11-15(16)14-8-9-14)10-13-6-4-3-5-7-13/h3-7,14-16H,2,8-12H2,1H3. The van der Waals surface area contributed by atoms with Gasteiger partial charge >= 0.3 is 5.97 Å². The lowest BCUT2D eigenvalue weighted by Gasteiger charge is -2.15. The second kappa shape index (κ2) is 5.96. The Balaban J connectivity index is 1.65. The van der Waals surface area contributed by atoms with Crippen LogP contribution in [0.4, 0.5) is 0 Å². The van der Waals surface area contributed by atoms with Crippen molar-refractivity contribution in [3.8, 4) is 0 Å². The minimum Gasteiger partial charge on any atom is -0.466 e. The summed E-state index contributed by atoms with van der Waals surface area (Å²) < 4.78 is 5.27. The Morgan fingerprint density at radius 3 is 2.65 bits per heavy atom. The van der Waals surface area contributed by atoms with Crippen LogP contribution in [-0.4, -0.2) is 30.6 Å². The molecule has 1 saturated carbocycles. The third-order valence-corrected chi connectivity index (χ3v) is 4.51. The van der Waals surface area contributed by atoms with E-state index in [1.54, 1.807) is 0 Å². The van der Waals surface area contributed by atoms with Gasteiger partial charge in [-0.05, 0) is 37.2 Å². The largest absolute Gasteiger partial charge is 0.466 e. The number of nitrogens with zero attached hydrogens (tertiary/aromatic N) is 1. The molecule has 20 heavy (non-hydrogen) atoms. The molecule has 3 heteroatoms. The number of esters is 1. The molecule has 3 rings (SSSR count). The number of benzene rings is 1. The van der Waals surface area contributed by atoms with E-state index in [0.29, 0.717) is 12.5 Å². The van der Waals surface area contributed by atoms with Crippen LogP contribution < -0.4 is 0 Å². The predicted molar refractivity (Wildman–Crippen MR) is 78.1 cm³/mol. The smallest absolute Gasteiger partial charge is 0.310 e. The number of hydrogen-bond donors (Lipinski definition) is 0. The molecule has 1 aliphatic carbocycles. The van der Waals surface area contributed by atoms with E-state index >= 15 is 0 Å². The number of hydrogen-bond acceptors (Lipinski definition) is 3. The van der Waals surface area contributed by atoms with Crippen molar-refractivity contribution in [1.82, 2.24) is 4.90 Å². The van der Waals surface area contributed by atoms with Crippen LogP contribution in [0, 0.1) is 17.8 Å². The van der Waals surface area contributed by atoms with Crippen LogP contribution in [-0.2, 0) is 16.1 Å². The summed E-state index contributed by atoms with van der Waals surface area (Å²) in [5.74, 6) is 1.37. The van der Waals surface area contributed by atoms with Gasteiger partial charge in [-0.25, -0.2) is 0 Å². The van der Waals surface area contributed by atoms with Crippen LogP contribution in [0.1, 0.15) is 25.3 Å². The highest BCUT2D eigenvalue weighted by Gasteiger charge is 2.45. The Morgan fingerprint density at radius 2 is 2.00 bits per heavy atom. The SMILES string of the molecule is CCOC(=O)C1CN(Cc2ccccc2)CC1C1CC1. The molecule has 2 atom stereocenters. The third kappa shape index (κ3) is 3.04. The normalized spacial score (nSPS) is 26.6. The van der Waals surface area contributed by atoms with Gasteiger partial charge in [0.15, 0.2) is 0 Å².